The van der Waals surface area contributed by atoms with Gasteiger partial charge in [-0.05, 0) is 35.9 Å². The van der Waals surface area contributed by atoms with E-state index in [0.717, 1.165) is 21.4 Å². The number of nitrogens with zero attached hydrogens (tertiary/aromatic N) is 2. The van der Waals surface area contributed by atoms with Gasteiger partial charge in [0.1, 0.15) is 5.70 Å². The first-order chi connectivity index (χ1) is 15.1. The molecule has 1 saturated heterocycles. The van der Waals surface area contributed by atoms with Crippen molar-refractivity contribution in [2.24, 2.45) is 0 Å². The van der Waals surface area contributed by atoms with Gasteiger partial charge in [0.2, 0.25) is 0 Å². The molecule has 0 aliphatic carbocycles. The fourth-order valence-corrected chi connectivity index (χ4v) is 4.03. The minimum absolute atomic E-state index is 0.229. The van der Waals surface area contributed by atoms with Crippen LogP contribution in [0.25, 0.3) is 17.0 Å². The molecule has 3 aromatic carbocycles. The summed E-state index contributed by atoms with van der Waals surface area (Å²) >= 11 is 6.03. The third-order valence-corrected chi connectivity index (χ3v) is 5.49. The number of benzene rings is 3. The van der Waals surface area contributed by atoms with Gasteiger partial charge in [0.15, 0.2) is 0 Å². The Hall–Kier alpha value is -3.83. The number of imide groups is 1. The smallest absolute Gasteiger partial charge is 0.333 e. The molecule has 6 heteroatoms. The average molecular weight is 428 g/mol. The van der Waals surface area contributed by atoms with E-state index in [-0.39, 0.29) is 5.70 Å². The van der Waals surface area contributed by atoms with Gasteiger partial charge in [0, 0.05) is 34.2 Å². The Morgan fingerprint density at radius 1 is 0.903 bits per heavy atom. The van der Waals surface area contributed by atoms with Gasteiger partial charge in [-0.25, -0.2) is 9.69 Å². The number of carbonyl (C=O) groups is 2. The maximum absolute atomic E-state index is 13.0. The molecule has 5 rings (SSSR count). The molecule has 1 aromatic heterocycles. The maximum atomic E-state index is 13.0. The van der Waals surface area contributed by atoms with Gasteiger partial charge in [0.25, 0.3) is 5.91 Å². The van der Waals surface area contributed by atoms with Gasteiger partial charge in [0.05, 0.1) is 5.69 Å². The second-order valence-corrected chi connectivity index (χ2v) is 7.76. The lowest BCUT2D eigenvalue weighted by Crippen LogP contribution is -2.30. The summed E-state index contributed by atoms with van der Waals surface area (Å²) in [6, 6.07) is 24.4. The van der Waals surface area contributed by atoms with E-state index in [1.165, 1.54) is 5.56 Å². The van der Waals surface area contributed by atoms with E-state index >= 15 is 0 Å². The Morgan fingerprint density at radius 3 is 2.48 bits per heavy atom. The van der Waals surface area contributed by atoms with Crippen molar-refractivity contribution in [3.63, 3.8) is 0 Å². The summed E-state index contributed by atoms with van der Waals surface area (Å²) in [5.41, 5.74) is 3.77. The number of fused-ring (bicyclic) bond motifs is 1. The molecule has 2 heterocycles. The number of carbonyl (C=O) groups excluding carboxylic acids is 2. The van der Waals surface area contributed by atoms with Gasteiger partial charge >= 0.3 is 6.03 Å². The topological polar surface area (TPSA) is 54.3 Å². The van der Waals surface area contributed by atoms with Crippen LogP contribution in [0.5, 0.6) is 0 Å². The van der Waals surface area contributed by atoms with Crippen LogP contribution in [-0.4, -0.2) is 16.5 Å². The molecule has 0 unspecified atom stereocenters. The van der Waals surface area contributed by atoms with Crippen LogP contribution in [0.2, 0.25) is 5.02 Å². The predicted octanol–water partition coefficient (Wildman–Crippen LogP) is 5.44. The number of hydrogen-bond donors (Lipinski definition) is 1. The largest absolute Gasteiger partial charge is 0.342 e. The van der Waals surface area contributed by atoms with Gasteiger partial charge < -0.3 is 9.88 Å². The van der Waals surface area contributed by atoms with Crippen molar-refractivity contribution in [3.8, 4) is 0 Å². The molecule has 1 aliphatic heterocycles. The van der Waals surface area contributed by atoms with Crippen LogP contribution in [0.15, 0.2) is 90.8 Å². The van der Waals surface area contributed by atoms with Crippen LogP contribution < -0.4 is 10.2 Å². The summed E-state index contributed by atoms with van der Waals surface area (Å²) in [5.74, 6) is -0.410. The van der Waals surface area contributed by atoms with E-state index in [0.29, 0.717) is 17.3 Å². The predicted molar refractivity (Wildman–Crippen MR) is 123 cm³/mol. The van der Waals surface area contributed by atoms with E-state index in [9.17, 15) is 9.59 Å². The first-order valence-corrected chi connectivity index (χ1v) is 10.2. The summed E-state index contributed by atoms with van der Waals surface area (Å²) in [4.78, 5) is 26.6. The molecule has 5 nitrogen and oxygen atoms in total. The Labute approximate surface area is 184 Å². The minimum Gasteiger partial charge on any atom is -0.342 e. The van der Waals surface area contributed by atoms with Crippen LogP contribution in [0.4, 0.5) is 10.5 Å². The molecule has 3 amide bonds. The Kier molecular flexibility index (Phi) is 4.81. The first-order valence-electron chi connectivity index (χ1n) is 9.85. The lowest BCUT2D eigenvalue weighted by atomic mass is 10.1. The van der Waals surface area contributed by atoms with Crippen molar-refractivity contribution < 1.29 is 9.59 Å². The lowest BCUT2D eigenvalue weighted by molar-refractivity contribution is -0.113. The molecule has 152 valence electrons. The maximum Gasteiger partial charge on any atom is 0.333 e. The number of anilines is 1. The highest BCUT2D eigenvalue weighted by molar-refractivity contribution is 6.32. The molecule has 1 N–H and O–H groups in total. The summed E-state index contributed by atoms with van der Waals surface area (Å²) in [6.07, 6.45) is 3.74. The van der Waals surface area contributed by atoms with Gasteiger partial charge in [-0.15, -0.1) is 0 Å². The zero-order valence-electron chi connectivity index (χ0n) is 16.5. The highest BCUT2D eigenvalue weighted by atomic mass is 35.5. The van der Waals surface area contributed by atoms with Crippen LogP contribution in [0.3, 0.4) is 0 Å². The zero-order valence-corrected chi connectivity index (χ0v) is 17.2. The molecule has 31 heavy (non-hydrogen) atoms. The van der Waals surface area contributed by atoms with Crippen molar-refractivity contribution in [1.29, 1.82) is 0 Å². The van der Waals surface area contributed by atoms with Crippen LogP contribution >= 0.6 is 11.6 Å². The molecule has 0 bridgehead atoms. The van der Waals surface area contributed by atoms with Gasteiger partial charge in [-0.3, -0.25) is 4.79 Å². The number of halogens is 1. The van der Waals surface area contributed by atoms with Crippen LogP contribution in [-0.2, 0) is 11.3 Å². The van der Waals surface area contributed by atoms with Crippen molar-refractivity contribution in [1.82, 2.24) is 9.88 Å². The van der Waals surface area contributed by atoms with Gasteiger partial charge in [-0.1, -0.05) is 66.2 Å². The quantitative estimate of drug-likeness (QED) is 0.348. The fraction of sp³-hybridized carbons (Fsp3) is 0.0400. The van der Waals surface area contributed by atoms with E-state index in [4.69, 9.17) is 11.6 Å². The summed E-state index contributed by atoms with van der Waals surface area (Å²) < 4.78 is 2.15. The number of rotatable bonds is 4. The second kappa shape index (κ2) is 7.78. The summed E-state index contributed by atoms with van der Waals surface area (Å²) in [6.45, 7) is 0.708. The van der Waals surface area contributed by atoms with E-state index in [1.807, 2.05) is 48.7 Å². The SMILES string of the molecule is O=C1N/C(=C/c2cn(Cc3ccccc3)c3ccccc23)C(=O)N1c1cccc(Cl)c1. The number of aromatic nitrogens is 1. The number of para-hydroxylation sites is 1. The third-order valence-electron chi connectivity index (χ3n) is 5.26. The van der Waals surface area contributed by atoms with Crippen molar-refractivity contribution >= 4 is 46.2 Å². The Morgan fingerprint density at radius 2 is 1.68 bits per heavy atom. The number of hydrogen-bond acceptors (Lipinski definition) is 2. The molecule has 1 aliphatic rings. The molecule has 0 radical (unpaired) electrons. The number of urea groups is 1. The monoisotopic (exact) mass is 427 g/mol. The standard InChI is InChI=1S/C25H18ClN3O2/c26-19-9-6-10-20(14-19)29-24(30)22(27-25(29)31)13-18-16-28(15-17-7-2-1-3-8-17)23-12-5-4-11-21(18)23/h1-14,16H,15H2,(H,27,31)/b22-13+. The van der Waals surface area contributed by atoms with Gasteiger partial charge in [-0.2, -0.15) is 0 Å². The first kappa shape index (κ1) is 19.2. The molecular weight excluding hydrogens is 410 g/mol. The number of amides is 3. The van der Waals surface area contributed by atoms with Crippen molar-refractivity contribution in [2.75, 3.05) is 4.90 Å². The van der Waals surface area contributed by atoms with E-state index in [1.54, 1.807) is 30.3 Å². The van der Waals surface area contributed by atoms with E-state index in [2.05, 4.69) is 22.0 Å². The molecule has 0 spiro atoms. The normalized spacial score (nSPS) is 15.1. The molecular formula is C25H18ClN3O2. The Balaban J connectivity index is 1.53. The minimum atomic E-state index is -0.494. The highest BCUT2D eigenvalue weighted by Crippen LogP contribution is 2.28. The summed E-state index contributed by atoms with van der Waals surface area (Å²) in [5, 5.41) is 4.16. The molecule has 4 aromatic rings. The number of nitrogens with one attached hydrogen (secondary N) is 1. The third kappa shape index (κ3) is 3.60. The lowest BCUT2D eigenvalue weighted by Gasteiger charge is -2.11. The molecule has 0 atom stereocenters. The zero-order chi connectivity index (χ0) is 21.4. The van der Waals surface area contributed by atoms with Crippen molar-refractivity contribution in [3.05, 3.63) is 107 Å². The van der Waals surface area contributed by atoms with Crippen LogP contribution in [0, 0.1) is 0 Å². The molecule has 1 fully saturated rings. The summed E-state index contributed by atoms with van der Waals surface area (Å²) in [7, 11) is 0. The van der Waals surface area contributed by atoms with E-state index < -0.39 is 11.9 Å². The second-order valence-electron chi connectivity index (χ2n) is 7.32. The molecule has 0 saturated carbocycles. The Bertz CT molecular complexity index is 1340. The fourth-order valence-electron chi connectivity index (χ4n) is 3.84. The van der Waals surface area contributed by atoms with Crippen LogP contribution in [0.1, 0.15) is 11.1 Å². The van der Waals surface area contributed by atoms with Crippen molar-refractivity contribution in [2.45, 2.75) is 6.54 Å². The average Bonchev–Trinajstić information content (AvgIpc) is 3.25. The highest BCUT2D eigenvalue weighted by Gasteiger charge is 2.35.